The number of carbonyl (C=O) groups excluding carboxylic acids is 1. The topological polar surface area (TPSA) is 41.6 Å². The summed E-state index contributed by atoms with van der Waals surface area (Å²) in [6, 6.07) is 0.315. The molecule has 0 aliphatic carbocycles. The molecule has 1 N–H and O–H groups in total. The summed E-state index contributed by atoms with van der Waals surface area (Å²) in [5, 5.41) is 3.07. The Kier molecular flexibility index (Phi) is 3.37. The molecule has 0 saturated carbocycles. The van der Waals surface area contributed by atoms with Gasteiger partial charge >= 0.3 is 6.09 Å². The summed E-state index contributed by atoms with van der Waals surface area (Å²) in [5.41, 5.74) is -0.392. The van der Waals surface area contributed by atoms with Crippen molar-refractivity contribution in [3.63, 3.8) is 0 Å². The van der Waals surface area contributed by atoms with E-state index in [0.717, 1.165) is 19.5 Å². The Morgan fingerprint density at radius 3 is 2.57 bits per heavy atom. The number of likely N-dealkylation sites (tertiary alicyclic amines) is 1. The SMILES string of the molecule is CNC[C@H]1CCN1C(=O)OC(C)(C)C. The van der Waals surface area contributed by atoms with E-state index in [2.05, 4.69) is 5.32 Å². The van der Waals surface area contributed by atoms with Crippen LogP contribution in [0.15, 0.2) is 0 Å². The van der Waals surface area contributed by atoms with Gasteiger partial charge in [0.25, 0.3) is 0 Å². The minimum absolute atomic E-state index is 0.191. The highest BCUT2D eigenvalue weighted by Crippen LogP contribution is 2.20. The third-order valence-corrected chi connectivity index (χ3v) is 2.21. The van der Waals surface area contributed by atoms with E-state index in [1.54, 1.807) is 4.90 Å². The largest absolute Gasteiger partial charge is 0.444 e. The van der Waals surface area contributed by atoms with Gasteiger partial charge in [-0.15, -0.1) is 0 Å². The van der Waals surface area contributed by atoms with Crippen molar-refractivity contribution in [2.24, 2.45) is 0 Å². The van der Waals surface area contributed by atoms with Gasteiger partial charge in [0.15, 0.2) is 0 Å². The molecule has 14 heavy (non-hydrogen) atoms. The second kappa shape index (κ2) is 4.17. The van der Waals surface area contributed by atoms with Gasteiger partial charge in [-0.05, 0) is 34.2 Å². The van der Waals surface area contributed by atoms with Crippen molar-refractivity contribution >= 4 is 6.09 Å². The molecule has 0 aromatic rings. The van der Waals surface area contributed by atoms with Crippen LogP contribution >= 0.6 is 0 Å². The van der Waals surface area contributed by atoms with Gasteiger partial charge in [-0.25, -0.2) is 4.79 Å². The van der Waals surface area contributed by atoms with Crippen LogP contribution in [-0.4, -0.2) is 42.8 Å². The van der Waals surface area contributed by atoms with E-state index in [1.165, 1.54) is 0 Å². The van der Waals surface area contributed by atoms with E-state index < -0.39 is 5.60 Å². The lowest BCUT2D eigenvalue weighted by Crippen LogP contribution is -2.56. The fraction of sp³-hybridized carbons (Fsp3) is 0.900. The molecule has 1 rings (SSSR count). The van der Waals surface area contributed by atoms with Gasteiger partial charge in [-0.1, -0.05) is 0 Å². The molecule has 1 saturated heterocycles. The number of hydrogen-bond acceptors (Lipinski definition) is 3. The van der Waals surface area contributed by atoms with Crippen LogP contribution in [0.5, 0.6) is 0 Å². The maximum absolute atomic E-state index is 11.6. The number of rotatable bonds is 2. The van der Waals surface area contributed by atoms with Crippen LogP contribution in [0, 0.1) is 0 Å². The van der Waals surface area contributed by atoms with Crippen molar-refractivity contribution in [1.82, 2.24) is 10.2 Å². The lowest BCUT2D eigenvalue weighted by molar-refractivity contribution is -0.00458. The number of amides is 1. The lowest BCUT2D eigenvalue weighted by atomic mass is 10.0. The standard InChI is InChI=1S/C10H20N2O2/c1-10(2,3)14-9(13)12-6-5-8(12)7-11-4/h8,11H,5-7H2,1-4H3/t8-/m1/s1. The van der Waals surface area contributed by atoms with Gasteiger partial charge < -0.3 is 15.0 Å². The first-order chi connectivity index (χ1) is 6.44. The molecule has 1 heterocycles. The van der Waals surface area contributed by atoms with Crippen LogP contribution < -0.4 is 5.32 Å². The van der Waals surface area contributed by atoms with Crippen LogP contribution in [0.4, 0.5) is 4.79 Å². The maximum Gasteiger partial charge on any atom is 0.410 e. The van der Waals surface area contributed by atoms with E-state index >= 15 is 0 Å². The van der Waals surface area contributed by atoms with Gasteiger partial charge in [0.05, 0.1) is 0 Å². The number of nitrogens with zero attached hydrogens (tertiary/aromatic N) is 1. The van der Waals surface area contributed by atoms with Crippen molar-refractivity contribution in [3.05, 3.63) is 0 Å². The van der Waals surface area contributed by atoms with Crippen molar-refractivity contribution < 1.29 is 9.53 Å². The van der Waals surface area contributed by atoms with E-state index in [1.807, 2.05) is 27.8 Å². The first-order valence-corrected chi connectivity index (χ1v) is 5.08. The van der Waals surface area contributed by atoms with Gasteiger partial charge in [-0.3, -0.25) is 0 Å². The summed E-state index contributed by atoms with van der Waals surface area (Å²) in [4.78, 5) is 13.4. The fourth-order valence-electron chi connectivity index (χ4n) is 1.45. The molecule has 1 aliphatic rings. The first-order valence-electron chi connectivity index (χ1n) is 5.08. The fourth-order valence-corrected chi connectivity index (χ4v) is 1.45. The molecular weight excluding hydrogens is 180 g/mol. The molecule has 0 radical (unpaired) electrons. The Morgan fingerprint density at radius 1 is 1.57 bits per heavy atom. The summed E-state index contributed by atoms with van der Waals surface area (Å²) in [6.45, 7) is 7.33. The van der Waals surface area contributed by atoms with Crippen molar-refractivity contribution in [2.45, 2.75) is 38.8 Å². The molecule has 82 valence electrons. The zero-order valence-corrected chi connectivity index (χ0v) is 9.46. The van der Waals surface area contributed by atoms with E-state index in [9.17, 15) is 4.79 Å². The minimum atomic E-state index is -0.392. The molecule has 0 spiro atoms. The van der Waals surface area contributed by atoms with Crippen molar-refractivity contribution in [2.75, 3.05) is 20.1 Å². The molecule has 0 aromatic carbocycles. The van der Waals surface area contributed by atoms with Crippen molar-refractivity contribution in [1.29, 1.82) is 0 Å². The molecule has 1 amide bonds. The number of likely N-dealkylation sites (N-methyl/N-ethyl adjacent to an activating group) is 1. The zero-order valence-electron chi connectivity index (χ0n) is 9.46. The third kappa shape index (κ3) is 2.87. The average Bonchev–Trinajstić information content (AvgIpc) is 1.93. The molecular formula is C10H20N2O2. The smallest absolute Gasteiger partial charge is 0.410 e. The highest BCUT2D eigenvalue weighted by molar-refractivity contribution is 5.69. The number of nitrogens with one attached hydrogen (secondary N) is 1. The number of hydrogen-bond donors (Lipinski definition) is 1. The maximum atomic E-state index is 11.6. The van der Waals surface area contributed by atoms with E-state index in [0.29, 0.717) is 6.04 Å². The number of carbonyl (C=O) groups is 1. The molecule has 4 nitrogen and oxygen atoms in total. The van der Waals surface area contributed by atoms with E-state index in [4.69, 9.17) is 4.74 Å². The summed E-state index contributed by atoms with van der Waals surface area (Å²) in [6.07, 6.45) is 0.879. The van der Waals surface area contributed by atoms with Crippen LogP contribution in [0.1, 0.15) is 27.2 Å². The minimum Gasteiger partial charge on any atom is -0.444 e. The summed E-state index contributed by atoms with van der Waals surface area (Å²) < 4.78 is 5.28. The predicted octanol–water partition coefficient (Wildman–Crippen LogP) is 1.22. The van der Waals surface area contributed by atoms with Crippen LogP contribution in [-0.2, 0) is 4.74 Å². The predicted molar refractivity (Wildman–Crippen MR) is 55.3 cm³/mol. The summed E-state index contributed by atoms with van der Waals surface area (Å²) in [5.74, 6) is 0. The molecule has 1 atom stereocenters. The average molecular weight is 200 g/mol. The second-order valence-electron chi connectivity index (χ2n) is 4.67. The summed E-state index contributed by atoms with van der Waals surface area (Å²) in [7, 11) is 1.89. The third-order valence-electron chi connectivity index (χ3n) is 2.21. The Morgan fingerprint density at radius 2 is 2.21 bits per heavy atom. The quantitative estimate of drug-likeness (QED) is 0.728. The lowest BCUT2D eigenvalue weighted by Gasteiger charge is -2.41. The molecule has 1 fully saturated rings. The highest BCUT2D eigenvalue weighted by atomic mass is 16.6. The zero-order chi connectivity index (χ0) is 10.8. The van der Waals surface area contributed by atoms with Crippen LogP contribution in [0.25, 0.3) is 0 Å². The van der Waals surface area contributed by atoms with E-state index in [-0.39, 0.29) is 6.09 Å². The normalized spacial score (nSPS) is 21.7. The molecule has 0 aromatic heterocycles. The molecule has 0 unspecified atom stereocenters. The van der Waals surface area contributed by atoms with Crippen molar-refractivity contribution in [3.8, 4) is 0 Å². The molecule has 1 aliphatic heterocycles. The second-order valence-corrected chi connectivity index (χ2v) is 4.67. The monoisotopic (exact) mass is 200 g/mol. The molecule has 0 bridgehead atoms. The molecule has 4 heteroatoms. The van der Waals surface area contributed by atoms with Crippen LogP contribution in [0.2, 0.25) is 0 Å². The Balaban J connectivity index is 2.38. The van der Waals surface area contributed by atoms with Gasteiger partial charge in [-0.2, -0.15) is 0 Å². The van der Waals surface area contributed by atoms with Gasteiger partial charge in [0.2, 0.25) is 0 Å². The highest BCUT2D eigenvalue weighted by Gasteiger charge is 2.34. The van der Waals surface area contributed by atoms with Gasteiger partial charge in [0, 0.05) is 19.1 Å². The van der Waals surface area contributed by atoms with Gasteiger partial charge in [0.1, 0.15) is 5.60 Å². The number of ether oxygens (including phenoxy) is 1. The van der Waals surface area contributed by atoms with Crippen LogP contribution in [0.3, 0.4) is 0 Å². The Labute approximate surface area is 85.6 Å². The first kappa shape index (κ1) is 11.3. The Bertz CT molecular complexity index is 211. The summed E-state index contributed by atoms with van der Waals surface area (Å²) >= 11 is 0. The Hall–Kier alpha value is -0.770.